The Morgan fingerprint density at radius 1 is 0.774 bits per heavy atom. The van der Waals surface area contributed by atoms with E-state index >= 15 is 0 Å². The number of nitrogens with zero attached hydrogens (tertiary/aromatic N) is 4. The number of rotatable bonds is 3. The molecular formula is C24H15FN6. The number of halogens is 1. The molecule has 0 fully saturated rings. The van der Waals surface area contributed by atoms with E-state index < -0.39 is 0 Å². The van der Waals surface area contributed by atoms with Crippen molar-refractivity contribution < 1.29 is 4.39 Å². The second kappa shape index (κ2) is 6.84. The molecule has 0 radical (unpaired) electrons. The summed E-state index contributed by atoms with van der Waals surface area (Å²) in [6, 6.07) is 16.6. The van der Waals surface area contributed by atoms with Gasteiger partial charge in [0, 0.05) is 28.7 Å². The number of pyridine rings is 1. The maximum atomic E-state index is 13.8. The van der Waals surface area contributed by atoms with Crippen molar-refractivity contribution in [3.8, 4) is 33.9 Å². The lowest BCUT2D eigenvalue weighted by Gasteiger charge is -2.03. The summed E-state index contributed by atoms with van der Waals surface area (Å²) in [5.74, 6) is -0.257. The van der Waals surface area contributed by atoms with Crippen LogP contribution >= 0.6 is 0 Å². The molecule has 0 bridgehead atoms. The van der Waals surface area contributed by atoms with Crippen LogP contribution in [0, 0.1) is 5.82 Å². The van der Waals surface area contributed by atoms with E-state index in [1.807, 2.05) is 36.4 Å². The minimum atomic E-state index is -0.257. The Morgan fingerprint density at radius 3 is 2.58 bits per heavy atom. The molecule has 4 heterocycles. The molecule has 2 N–H and O–H groups in total. The highest BCUT2D eigenvalue weighted by Crippen LogP contribution is 2.34. The van der Waals surface area contributed by atoms with Gasteiger partial charge >= 0.3 is 0 Å². The molecule has 0 saturated carbocycles. The predicted molar refractivity (Wildman–Crippen MR) is 118 cm³/mol. The lowest BCUT2D eigenvalue weighted by atomic mass is 10.0. The van der Waals surface area contributed by atoms with Crippen LogP contribution in [0.4, 0.5) is 4.39 Å². The third-order valence-electron chi connectivity index (χ3n) is 5.33. The lowest BCUT2D eigenvalue weighted by Crippen LogP contribution is -1.88. The Bertz CT molecular complexity index is 1550. The molecule has 0 spiro atoms. The van der Waals surface area contributed by atoms with Crippen LogP contribution in [0.1, 0.15) is 0 Å². The maximum Gasteiger partial charge on any atom is 0.123 e. The highest BCUT2D eigenvalue weighted by molar-refractivity contribution is 6.01. The van der Waals surface area contributed by atoms with E-state index in [-0.39, 0.29) is 5.82 Å². The molecule has 6 aromatic rings. The van der Waals surface area contributed by atoms with Gasteiger partial charge in [0.05, 0.1) is 29.3 Å². The first-order valence-corrected chi connectivity index (χ1v) is 9.75. The van der Waals surface area contributed by atoms with Crippen LogP contribution in [0.15, 0.2) is 79.4 Å². The van der Waals surface area contributed by atoms with E-state index in [2.05, 4.69) is 30.1 Å². The number of H-pyrrole nitrogens is 2. The van der Waals surface area contributed by atoms with Crippen LogP contribution in [0.3, 0.4) is 0 Å². The van der Waals surface area contributed by atoms with Gasteiger partial charge in [-0.05, 0) is 41.5 Å². The number of fused-ring (bicyclic) bond motifs is 2. The van der Waals surface area contributed by atoms with Crippen molar-refractivity contribution in [3.05, 3.63) is 85.2 Å². The maximum absolute atomic E-state index is 13.8. The smallest absolute Gasteiger partial charge is 0.123 e. The minimum Gasteiger partial charge on any atom is -0.353 e. The van der Waals surface area contributed by atoms with Crippen LogP contribution in [0.2, 0.25) is 0 Å². The number of hydrogen-bond donors (Lipinski definition) is 2. The summed E-state index contributed by atoms with van der Waals surface area (Å²) in [5, 5.41) is 9.49. The van der Waals surface area contributed by atoms with Crippen molar-refractivity contribution in [1.82, 2.24) is 30.1 Å². The molecular weight excluding hydrogens is 391 g/mol. The van der Waals surface area contributed by atoms with Crippen molar-refractivity contribution in [3.63, 3.8) is 0 Å². The van der Waals surface area contributed by atoms with E-state index in [0.29, 0.717) is 5.69 Å². The largest absolute Gasteiger partial charge is 0.353 e. The van der Waals surface area contributed by atoms with Gasteiger partial charge in [-0.15, -0.1) is 0 Å². The molecule has 0 unspecified atom stereocenters. The lowest BCUT2D eigenvalue weighted by molar-refractivity contribution is 0.628. The number of benzene rings is 2. The molecule has 0 amide bonds. The first kappa shape index (κ1) is 17.5. The molecule has 148 valence electrons. The monoisotopic (exact) mass is 406 g/mol. The van der Waals surface area contributed by atoms with Gasteiger partial charge in [-0.1, -0.05) is 24.3 Å². The molecule has 7 heteroatoms. The summed E-state index contributed by atoms with van der Waals surface area (Å²) < 4.78 is 13.8. The summed E-state index contributed by atoms with van der Waals surface area (Å²) in [5.41, 5.74) is 6.63. The fourth-order valence-corrected chi connectivity index (χ4v) is 3.88. The van der Waals surface area contributed by atoms with Gasteiger partial charge in [0.25, 0.3) is 0 Å². The predicted octanol–water partition coefficient (Wildman–Crippen LogP) is 5.37. The average Bonchev–Trinajstić information content (AvgIpc) is 3.43. The first-order chi connectivity index (χ1) is 15.3. The normalized spacial score (nSPS) is 11.4. The van der Waals surface area contributed by atoms with Crippen LogP contribution in [0.5, 0.6) is 0 Å². The van der Waals surface area contributed by atoms with Crippen LogP contribution < -0.4 is 0 Å². The van der Waals surface area contributed by atoms with Crippen LogP contribution in [-0.2, 0) is 0 Å². The summed E-state index contributed by atoms with van der Waals surface area (Å²) in [4.78, 5) is 16.4. The third-order valence-corrected chi connectivity index (χ3v) is 5.33. The quantitative estimate of drug-likeness (QED) is 0.414. The van der Waals surface area contributed by atoms with Gasteiger partial charge in [-0.3, -0.25) is 20.1 Å². The number of hydrogen-bond acceptors (Lipinski definition) is 4. The SMILES string of the molecule is Fc1cccc(-c2cccc3[nH]c(-c4n[nH]c5cnc(-c6cnccn6)cc45)cc23)c1. The Kier molecular flexibility index (Phi) is 3.86. The molecule has 4 aromatic heterocycles. The molecule has 0 aliphatic carbocycles. The van der Waals surface area contributed by atoms with Gasteiger partial charge in [0.2, 0.25) is 0 Å². The third kappa shape index (κ3) is 2.95. The van der Waals surface area contributed by atoms with Gasteiger partial charge in [-0.25, -0.2) is 4.39 Å². The summed E-state index contributed by atoms with van der Waals surface area (Å²) in [6.45, 7) is 0. The van der Waals surface area contributed by atoms with E-state index in [9.17, 15) is 4.39 Å². The molecule has 2 aromatic carbocycles. The highest BCUT2D eigenvalue weighted by Gasteiger charge is 2.15. The second-order valence-corrected chi connectivity index (χ2v) is 7.24. The zero-order chi connectivity index (χ0) is 20.8. The Balaban J connectivity index is 1.52. The van der Waals surface area contributed by atoms with Gasteiger partial charge in [0.1, 0.15) is 17.2 Å². The highest BCUT2D eigenvalue weighted by atomic mass is 19.1. The molecule has 0 saturated heterocycles. The van der Waals surface area contributed by atoms with Crippen LogP contribution in [0.25, 0.3) is 55.7 Å². The number of aromatic amines is 2. The standard InChI is InChI=1S/C24H15FN6/c25-15-4-1-3-14(9-15)16-5-2-6-19-17(16)10-21(29-19)24-18-11-20(23-12-26-7-8-27-23)28-13-22(18)30-31-24/h1-13,29H,(H,30,31). The first-order valence-electron chi connectivity index (χ1n) is 9.75. The van der Waals surface area contributed by atoms with Crippen molar-refractivity contribution >= 4 is 21.8 Å². The van der Waals surface area contributed by atoms with Gasteiger partial charge < -0.3 is 4.98 Å². The fourth-order valence-electron chi connectivity index (χ4n) is 3.88. The summed E-state index contributed by atoms with van der Waals surface area (Å²) in [6.07, 6.45) is 6.70. The Labute approximate surface area is 175 Å². The second-order valence-electron chi connectivity index (χ2n) is 7.24. The molecule has 31 heavy (non-hydrogen) atoms. The summed E-state index contributed by atoms with van der Waals surface area (Å²) in [7, 11) is 0. The Hall–Kier alpha value is -4.39. The van der Waals surface area contributed by atoms with E-state index in [1.165, 1.54) is 6.07 Å². The van der Waals surface area contributed by atoms with E-state index in [4.69, 9.17) is 0 Å². The fraction of sp³-hybridized carbons (Fsp3) is 0. The topological polar surface area (TPSA) is 83.1 Å². The minimum absolute atomic E-state index is 0.257. The molecule has 6 nitrogen and oxygen atoms in total. The van der Waals surface area contributed by atoms with Crippen LogP contribution in [-0.4, -0.2) is 30.1 Å². The summed E-state index contributed by atoms with van der Waals surface area (Å²) >= 11 is 0. The van der Waals surface area contributed by atoms with E-state index in [0.717, 1.165) is 50.0 Å². The van der Waals surface area contributed by atoms with Crippen molar-refractivity contribution in [2.45, 2.75) is 0 Å². The Morgan fingerprint density at radius 2 is 1.71 bits per heavy atom. The zero-order valence-corrected chi connectivity index (χ0v) is 16.2. The van der Waals surface area contributed by atoms with Gasteiger partial charge in [-0.2, -0.15) is 5.10 Å². The van der Waals surface area contributed by atoms with Crippen molar-refractivity contribution in [2.75, 3.05) is 0 Å². The molecule has 0 aliphatic heterocycles. The van der Waals surface area contributed by atoms with Crippen molar-refractivity contribution in [1.29, 1.82) is 0 Å². The number of aromatic nitrogens is 6. The molecule has 0 aliphatic rings. The number of nitrogens with one attached hydrogen (secondary N) is 2. The van der Waals surface area contributed by atoms with E-state index in [1.54, 1.807) is 36.9 Å². The molecule has 6 rings (SSSR count). The zero-order valence-electron chi connectivity index (χ0n) is 16.2. The molecule has 0 atom stereocenters. The van der Waals surface area contributed by atoms with Crippen molar-refractivity contribution in [2.24, 2.45) is 0 Å². The average molecular weight is 406 g/mol. The van der Waals surface area contributed by atoms with Gasteiger partial charge in [0.15, 0.2) is 0 Å².